The van der Waals surface area contributed by atoms with Gasteiger partial charge in [0.1, 0.15) is 18.1 Å². The fraction of sp³-hybridized carbons (Fsp3) is 0.355. The number of benzene rings is 3. The number of carbonyl (C=O) groups excluding carboxylic acids is 1. The number of rotatable bonds is 12. The molecule has 2 atom stereocenters. The zero-order valence-electron chi connectivity index (χ0n) is 23.2. The highest BCUT2D eigenvalue weighted by atomic mass is 35.5. The number of ether oxygens (including phenoxy) is 2. The van der Waals surface area contributed by atoms with Crippen LogP contribution in [0, 0.1) is 17.2 Å². The second kappa shape index (κ2) is 13.9. The molecule has 0 spiro atoms. The average Bonchev–Trinajstić information content (AvgIpc) is 2.94. The van der Waals surface area contributed by atoms with Gasteiger partial charge in [0.2, 0.25) is 5.91 Å². The highest BCUT2D eigenvalue weighted by Gasteiger charge is 2.31. The summed E-state index contributed by atoms with van der Waals surface area (Å²) < 4.78 is 11.8. The minimum absolute atomic E-state index is 0.0780. The first-order valence-corrected chi connectivity index (χ1v) is 13.9. The van der Waals surface area contributed by atoms with Crippen molar-refractivity contribution >= 4 is 34.6 Å². The van der Waals surface area contributed by atoms with Crippen molar-refractivity contribution in [2.75, 3.05) is 49.7 Å². The first-order valence-electron chi connectivity index (χ1n) is 13.5. The Kier molecular flexibility index (Phi) is 10.1. The SMILES string of the molecule is CCOc1cc2c(cc1NC(=O)CCCN(C)C)C(Nc1ccc(OCc3ccccc3)c(Cl)c1)C(C#N)CN2. The van der Waals surface area contributed by atoms with Crippen LogP contribution in [0.25, 0.3) is 0 Å². The van der Waals surface area contributed by atoms with E-state index in [1.807, 2.05) is 75.6 Å². The van der Waals surface area contributed by atoms with E-state index in [0.29, 0.717) is 48.4 Å². The molecule has 3 aromatic carbocycles. The third-order valence-corrected chi connectivity index (χ3v) is 6.94. The standard InChI is InChI=1S/C31H36ClN5O3/c1-4-39-29-17-26-24(16-27(29)36-30(38)11-8-14-37(2)3)31(22(18-33)19-34-26)35-23-12-13-28(25(32)15-23)40-20-21-9-6-5-7-10-21/h5-7,9-10,12-13,15-17,22,31,34-35H,4,8,11,14,19-20H2,1-3H3,(H,36,38). The third kappa shape index (κ3) is 7.59. The summed E-state index contributed by atoms with van der Waals surface area (Å²) in [4.78, 5) is 14.8. The van der Waals surface area contributed by atoms with Crippen LogP contribution in [-0.4, -0.2) is 44.6 Å². The molecule has 0 radical (unpaired) electrons. The second-order valence-electron chi connectivity index (χ2n) is 9.98. The van der Waals surface area contributed by atoms with Crippen LogP contribution in [0.3, 0.4) is 0 Å². The van der Waals surface area contributed by atoms with Crippen LogP contribution < -0.4 is 25.4 Å². The molecular formula is C31H36ClN5O3. The molecule has 0 aromatic heterocycles. The van der Waals surface area contributed by atoms with Crippen LogP contribution in [0.1, 0.15) is 36.9 Å². The predicted molar refractivity (Wildman–Crippen MR) is 160 cm³/mol. The Morgan fingerprint density at radius 2 is 1.93 bits per heavy atom. The van der Waals surface area contributed by atoms with Crippen molar-refractivity contribution in [1.82, 2.24) is 4.90 Å². The van der Waals surface area contributed by atoms with Gasteiger partial charge in [-0.05, 0) is 63.8 Å². The van der Waals surface area contributed by atoms with E-state index >= 15 is 0 Å². The van der Waals surface area contributed by atoms with Gasteiger partial charge in [-0.15, -0.1) is 0 Å². The van der Waals surface area contributed by atoms with Crippen LogP contribution in [-0.2, 0) is 11.4 Å². The highest BCUT2D eigenvalue weighted by molar-refractivity contribution is 6.32. The van der Waals surface area contributed by atoms with Crippen molar-refractivity contribution < 1.29 is 14.3 Å². The van der Waals surface area contributed by atoms with E-state index in [1.54, 1.807) is 6.07 Å². The number of carbonyl (C=O) groups is 1. The smallest absolute Gasteiger partial charge is 0.224 e. The van der Waals surface area contributed by atoms with E-state index in [0.717, 1.165) is 35.5 Å². The molecule has 9 heteroatoms. The van der Waals surface area contributed by atoms with Crippen molar-refractivity contribution in [3.63, 3.8) is 0 Å². The molecule has 210 valence electrons. The van der Waals surface area contributed by atoms with Gasteiger partial charge in [0.25, 0.3) is 0 Å². The van der Waals surface area contributed by atoms with Crippen LogP contribution in [0.4, 0.5) is 17.1 Å². The molecule has 0 bridgehead atoms. The maximum absolute atomic E-state index is 12.7. The Labute approximate surface area is 241 Å². The first kappa shape index (κ1) is 29.1. The van der Waals surface area contributed by atoms with Gasteiger partial charge in [0, 0.05) is 36.0 Å². The molecule has 8 nitrogen and oxygen atoms in total. The lowest BCUT2D eigenvalue weighted by Gasteiger charge is -2.33. The Balaban J connectivity index is 1.55. The van der Waals surface area contributed by atoms with E-state index in [1.165, 1.54) is 0 Å². The quantitative estimate of drug-likeness (QED) is 0.238. The van der Waals surface area contributed by atoms with Gasteiger partial charge in [-0.1, -0.05) is 41.9 Å². The van der Waals surface area contributed by atoms with Gasteiger partial charge >= 0.3 is 0 Å². The molecule has 0 saturated carbocycles. The zero-order valence-corrected chi connectivity index (χ0v) is 23.9. The molecule has 0 saturated heterocycles. The van der Waals surface area contributed by atoms with Crippen molar-refractivity contribution in [2.45, 2.75) is 32.4 Å². The summed E-state index contributed by atoms with van der Waals surface area (Å²) in [5, 5.41) is 20.3. The lowest BCUT2D eigenvalue weighted by molar-refractivity contribution is -0.116. The van der Waals surface area contributed by atoms with Gasteiger partial charge in [0.05, 0.1) is 35.3 Å². The zero-order chi connectivity index (χ0) is 28.5. The number of hydrogen-bond donors (Lipinski definition) is 3. The molecule has 2 unspecified atom stereocenters. The summed E-state index contributed by atoms with van der Waals surface area (Å²) in [6.45, 7) is 4.07. The fourth-order valence-corrected chi connectivity index (χ4v) is 4.86. The second-order valence-corrected chi connectivity index (χ2v) is 10.4. The summed E-state index contributed by atoms with van der Waals surface area (Å²) in [5.74, 6) is 0.735. The lowest BCUT2D eigenvalue weighted by Crippen LogP contribution is -2.31. The van der Waals surface area contributed by atoms with E-state index < -0.39 is 0 Å². The Hall–Kier alpha value is -3.93. The van der Waals surface area contributed by atoms with Crippen molar-refractivity contribution in [1.29, 1.82) is 5.26 Å². The molecule has 1 aliphatic rings. The molecule has 3 N–H and O–H groups in total. The van der Waals surface area contributed by atoms with Crippen molar-refractivity contribution in [2.24, 2.45) is 5.92 Å². The minimum Gasteiger partial charge on any atom is -0.492 e. The van der Waals surface area contributed by atoms with E-state index in [9.17, 15) is 10.1 Å². The molecule has 1 heterocycles. The van der Waals surface area contributed by atoms with Gasteiger partial charge in [-0.3, -0.25) is 4.79 Å². The number of fused-ring (bicyclic) bond motifs is 1. The topological polar surface area (TPSA) is 98.7 Å². The largest absolute Gasteiger partial charge is 0.492 e. The number of amides is 1. The van der Waals surface area contributed by atoms with Crippen LogP contribution in [0.2, 0.25) is 5.02 Å². The Morgan fingerprint density at radius 1 is 1.12 bits per heavy atom. The number of nitrogens with one attached hydrogen (secondary N) is 3. The van der Waals surface area contributed by atoms with E-state index in [2.05, 4.69) is 26.9 Å². The van der Waals surface area contributed by atoms with Crippen molar-refractivity contribution in [3.8, 4) is 17.6 Å². The van der Waals surface area contributed by atoms with Gasteiger partial charge in [-0.25, -0.2) is 0 Å². The minimum atomic E-state index is -0.359. The number of anilines is 3. The Bertz CT molecular complexity index is 1340. The number of nitrogens with zero attached hydrogens (tertiary/aromatic N) is 2. The van der Waals surface area contributed by atoms with Gasteiger partial charge < -0.3 is 30.3 Å². The fourth-order valence-electron chi connectivity index (χ4n) is 4.62. The molecular weight excluding hydrogens is 526 g/mol. The summed E-state index contributed by atoms with van der Waals surface area (Å²) in [6.07, 6.45) is 1.15. The van der Waals surface area contributed by atoms with Crippen LogP contribution >= 0.6 is 11.6 Å². The van der Waals surface area contributed by atoms with Crippen LogP contribution in [0.5, 0.6) is 11.5 Å². The van der Waals surface area contributed by atoms with Crippen LogP contribution in [0.15, 0.2) is 60.7 Å². The number of nitriles is 1. The summed E-state index contributed by atoms with van der Waals surface area (Å²) in [6, 6.07) is 21.3. The maximum Gasteiger partial charge on any atom is 0.224 e. The highest BCUT2D eigenvalue weighted by Crippen LogP contribution is 2.42. The predicted octanol–water partition coefficient (Wildman–Crippen LogP) is 6.32. The van der Waals surface area contributed by atoms with E-state index in [-0.39, 0.29) is 17.9 Å². The molecule has 40 heavy (non-hydrogen) atoms. The summed E-state index contributed by atoms with van der Waals surface area (Å²) in [5.41, 5.74) is 4.12. The average molecular weight is 562 g/mol. The molecule has 0 aliphatic carbocycles. The number of halogens is 1. The normalized spacial score (nSPS) is 15.9. The van der Waals surface area contributed by atoms with E-state index in [4.69, 9.17) is 21.1 Å². The molecule has 4 rings (SSSR count). The third-order valence-electron chi connectivity index (χ3n) is 6.64. The van der Waals surface area contributed by atoms with Gasteiger partial charge in [-0.2, -0.15) is 5.26 Å². The molecule has 3 aromatic rings. The lowest BCUT2D eigenvalue weighted by atomic mass is 9.88. The van der Waals surface area contributed by atoms with Gasteiger partial charge in [0.15, 0.2) is 0 Å². The first-order chi connectivity index (χ1) is 19.4. The summed E-state index contributed by atoms with van der Waals surface area (Å²) in [7, 11) is 3.97. The number of hydrogen-bond acceptors (Lipinski definition) is 7. The van der Waals surface area contributed by atoms with Crippen molar-refractivity contribution in [3.05, 3.63) is 76.8 Å². The molecule has 1 aliphatic heterocycles. The summed E-state index contributed by atoms with van der Waals surface area (Å²) >= 11 is 6.57. The molecule has 1 amide bonds. The molecule has 0 fully saturated rings. The monoisotopic (exact) mass is 561 g/mol. The Morgan fingerprint density at radius 3 is 2.62 bits per heavy atom. The maximum atomic E-state index is 12.7.